The summed E-state index contributed by atoms with van der Waals surface area (Å²) in [5.41, 5.74) is 2.10. The average Bonchev–Trinajstić information content (AvgIpc) is 3.12. The second kappa shape index (κ2) is 11.8. The van der Waals surface area contributed by atoms with Crippen LogP contribution in [0.2, 0.25) is 0 Å². The van der Waals surface area contributed by atoms with E-state index in [0.717, 1.165) is 35.6 Å². The molecule has 0 radical (unpaired) electrons. The second-order valence-electron chi connectivity index (χ2n) is 5.82. The molecule has 0 aliphatic heterocycles. The number of rotatable bonds is 8. The molecule has 2 rings (SSSR count). The number of hydrogen-bond acceptors (Lipinski definition) is 4. The summed E-state index contributed by atoms with van der Waals surface area (Å²) < 4.78 is 10.8. The lowest BCUT2D eigenvalue weighted by atomic mass is 9.99. The van der Waals surface area contributed by atoms with Crippen molar-refractivity contribution < 1.29 is 9.26 Å². The van der Waals surface area contributed by atoms with Crippen LogP contribution >= 0.6 is 24.0 Å². The molecule has 6 nitrogen and oxygen atoms in total. The van der Waals surface area contributed by atoms with E-state index in [4.69, 9.17) is 9.26 Å². The van der Waals surface area contributed by atoms with Crippen LogP contribution in [0.3, 0.4) is 0 Å². The van der Waals surface area contributed by atoms with E-state index in [2.05, 4.69) is 34.6 Å². The zero-order valence-corrected chi connectivity index (χ0v) is 18.2. The molecule has 0 aliphatic carbocycles. The highest BCUT2D eigenvalue weighted by molar-refractivity contribution is 14.0. The molecule has 0 atom stereocenters. The van der Waals surface area contributed by atoms with Gasteiger partial charge in [0.05, 0.1) is 19.3 Å². The lowest BCUT2D eigenvalue weighted by Crippen LogP contribution is -2.36. The number of halogens is 1. The maximum atomic E-state index is 5.43. The third kappa shape index (κ3) is 6.19. The van der Waals surface area contributed by atoms with Gasteiger partial charge in [0.25, 0.3) is 0 Å². The van der Waals surface area contributed by atoms with Crippen LogP contribution in [-0.4, -0.2) is 25.3 Å². The molecule has 1 heterocycles. The normalized spacial score (nSPS) is 11.2. The molecule has 0 saturated heterocycles. The van der Waals surface area contributed by atoms with Crippen LogP contribution in [0.1, 0.15) is 49.6 Å². The molecule has 2 aromatic rings. The SMILES string of the molecule is CCC(CC)c1cc(CNC(=NC)NCc2ccccc2OC)on1.I. The van der Waals surface area contributed by atoms with Gasteiger partial charge in [0.2, 0.25) is 0 Å². The molecule has 2 N–H and O–H groups in total. The molecular formula is C19H29IN4O2. The summed E-state index contributed by atoms with van der Waals surface area (Å²) in [7, 11) is 3.42. The number of nitrogens with zero attached hydrogens (tertiary/aromatic N) is 2. The van der Waals surface area contributed by atoms with Crippen LogP contribution in [0.5, 0.6) is 5.75 Å². The number of hydrogen-bond donors (Lipinski definition) is 2. The van der Waals surface area contributed by atoms with E-state index in [9.17, 15) is 0 Å². The Balaban J connectivity index is 0.00000338. The van der Waals surface area contributed by atoms with Gasteiger partial charge in [-0.1, -0.05) is 37.2 Å². The van der Waals surface area contributed by atoms with Crippen molar-refractivity contribution in [3.8, 4) is 5.75 Å². The largest absolute Gasteiger partial charge is 0.496 e. The molecule has 144 valence electrons. The summed E-state index contributed by atoms with van der Waals surface area (Å²) in [6, 6.07) is 9.94. The molecule has 1 aromatic heterocycles. The average molecular weight is 472 g/mol. The number of nitrogens with one attached hydrogen (secondary N) is 2. The van der Waals surface area contributed by atoms with Gasteiger partial charge in [-0.3, -0.25) is 4.99 Å². The van der Waals surface area contributed by atoms with Crippen LogP contribution in [0.4, 0.5) is 0 Å². The van der Waals surface area contributed by atoms with Crippen molar-refractivity contribution in [2.75, 3.05) is 14.2 Å². The van der Waals surface area contributed by atoms with Crippen molar-refractivity contribution in [1.29, 1.82) is 0 Å². The van der Waals surface area contributed by atoms with E-state index < -0.39 is 0 Å². The first-order valence-electron chi connectivity index (χ1n) is 8.73. The van der Waals surface area contributed by atoms with Crippen molar-refractivity contribution in [1.82, 2.24) is 15.8 Å². The van der Waals surface area contributed by atoms with Crippen molar-refractivity contribution >= 4 is 29.9 Å². The van der Waals surface area contributed by atoms with Crippen LogP contribution in [0, 0.1) is 0 Å². The number of para-hydroxylation sites is 1. The highest BCUT2D eigenvalue weighted by Gasteiger charge is 2.13. The fourth-order valence-electron chi connectivity index (χ4n) is 2.73. The first-order valence-corrected chi connectivity index (χ1v) is 8.73. The van der Waals surface area contributed by atoms with Gasteiger partial charge in [-0.15, -0.1) is 24.0 Å². The minimum atomic E-state index is 0. The molecule has 1 aromatic carbocycles. The van der Waals surface area contributed by atoms with Crippen molar-refractivity contribution in [3.63, 3.8) is 0 Å². The Morgan fingerprint density at radius 3 is 2.54 bits per heavy atom. The number of guanidine groups is 1. The number of benzene rings is 1. The van der Waals surface area contributed by atoms with E-state index in [-0.39, 0.29) is 24.0 Å². The Morgan fingerprint density at radius 2 is 1.88 bits per heavy atom. The first-order chi connectivity index (χ1) is 12.2. The number of aromatic nitrogens is 1. The van der Waals surface area contributed by atoms with Crippen LogP contribution in [0.15, 0.2) is 39.8 Å². The van der Waals surface area contributed by atoms with Crippen LogP contribution in [-0.2, 0) is 13.1 Å². The van der Waals surface area contributed by atoms with Gasteiger partial charge in [-0.05, 0) is 18.9 Å². The summed E-state index contributed by atoms with van der Waals surface area (Å²) in [5.74, 6) is 2.82. The molecule has 7 heteroatoms. The third-order valence-corrected chi connectivity index (χ3v) is 4.27. The smallest absolute Gasteiger partial charge is 0.191 e. The van der Waals surface area contributed by atoms with E-state index >= 15 is 0 Å². The Hall–Kier alpha value is -1.77. The summed E-state index contributed by atoms with van der Waals surface area (Å²) in [6.45, 7) is 5.51. The quantitative estimate of drug-likeness (QED) is 0.345. The minimum absolute atomic E-state index is 0. The fraction of sp³-hybridized carbons (Fsp3) is 0.474. The van der Waals surface area contributed by atoms with E-state index in [0.29, 0.717) is 25.0 Å². The second-order valence-corrected chi connectivity index (χ2v) is 5.82. The maximum Gasteiger partial charge on any atom is 0.191 e. The van der Waals surface area contributed by atoms with Crippen molar-refractivity contribution in [3.05, 3.63) is 47.3 Å². The fourth-order valence-corrected chi connectivity index (χ4v) is 2.73. The molecule has 0 aliphatic rings. The monoisotopic (exact) mass is 472 g/mol. The van der Waals surface area contributed by atoms with E-state index in [1.165, 1.54) is 0 Å². The maximum absolute atomic E-state index is 5.43. The zero-order valence-electron chi connectivity index (χ0n) is 15.9. The topological polar surface area (TPSA) is 71.7 Å². The highest BCUT2D eigenvalue weighted by atomic mass is 127. The molecular weight excluding hydrogens is 443 g/mol. The van der Waals surface area contributed by atoms with Crippen molar-refractivity contribution in [2.45, 2.75) is 45.7 Å². The molecule has 0 saturated carbocycles. The van der Waals surface area contributed by atoms with Crippen LogP contribution < -0.4 is 15.4 Å². The van der Waals surface area contributed by atoms with Crippen LogP contribution in [0.25, 0.3) is 0 Å². The number of ether oxygens (including phenoxy) is 1. The molecule has 0 amide bonds. The lowest BCUT2D eigenvalue weighted by molar-refractivity contribution is 0.368. The van der Waals surface area contributed by atoms with Gasteiger partial charge in [-0.25, -0.2) is 0 Å². The Bertz CT molecular complexity index is 684. The van der Waals surface area contributed by atoms with Crippen molar-refractivity contribution in [2.24, 2.45) is 4.99 Å². The zero-order chi connectivity index (χ0) is 18.1. The predicted molar refractivity (Wildman–Crippen MR) is 115 cm³/mol. The summed E-state index contributed by atoms with van der Waals surface area (Å²) >= 11 is 0. The summed E-state index contributed by atoms with van der Waals surface area (Å²) in [4.78, 5) is 4.24. The van der Waals surface area contributed by atoms with Gasteiger partial charge in [0.1, 0.15) is 5.75 Å². The Kier molecular flexibility index (Phi) is 10.1. The number of methoxy groups -OCH3 is 1. The molecule has 26 heavy (non-hydrogen) atoms. The predicted octanol–water partition coefficient (Wildman–Crippen LogP) is 4.07. The van der Waals surface area contributed by atoms with Gasteiger partial charge in [0.15, 0.2) is 11.7 Å². The Morgan fingerprint density at radius 1 is 1.19 bits per heavy atom. The molecule has 0 unspecified atom stereocenters. The molecule has 0 bridgehead atoms. The van der Waals surface area contributed by atoms with Gasteiger partial charge in [0, 0.05) is 31.1 Å². The van der Waals surface area contributed by atoms with Gasteiger partial charge < -0.3 is 19.9 Å². The molecule has 0 spiro atoms. The standard InChI is InChI=1S/C19H28N4O2.HI/c1-5-14(6-2)17-11-16(25-23-17)13-22-19(20-3)21-12-15-9-7-8-10-18(15)24-4;/h7-11,14H,5-6,12-13H2,1-4H3,(H2,20,21,22);1H. The lowest BCUT2D eigenvalue weighted by Gasteiger charge is -2.12. The Labute approximate surface area is 172 Å². The first kappa shape index (κ1) is 22.3. The third-order valence-electron chi connectivity index (χ3n) is 4.27. The van der Waals surface area contributed by atoms with E-state index in [1.54, 1.807) is 14.2 Å². The number of aliphatic imine (C=N–C) groups is 1. The van der Waals surface area contributed by atoms with Gasteiger partial charge in [-0.2, -0.15) is 0 Å². The molecule has 0 fully saturated rings. The van der Waals surface area contributed by atoms with E-state index in [1.807, 2.05) is 30.3 Å². The summed E-state index contributed by atoms with van der Waals surface area (Å²) in [6.07, 6.45) is 2.13. The highest BCUT2D eigenvalue weighted by Crippen LogP contribution is 2.22. The minimum Gasteiger partial charge on any atom is -0.496 e. The summed E-state index contributed by atoms with van der Waals surface area (Å²) in [5, 5.41) is 10.7. The van der Waals surface area contributed by atoms with Gasteiger partial charge >= 0.3 is 0 Å².